The number of rotatable bonds is 4. The molecule has 2 N–H and O–H groups in total. The molecule has 1 aromatic carbocycles. The van der Waals surface area contributed by atoms with Crippen LogP contribution < -0.4 is 5.73 Å². The molecule has 0 saturated heterocycles. The van der Waals surface area contributed by atoms with Crippen molar-refractivity contribution in [1.29, 1.82) is 0 Å². The van der Waals surface area contributed by atoms with E-state index < -0.39 is 11.6 Å². The Hall–Kier alpha value is -1.82. The van der Waals surface area contributed by atoms with Gasteiger partial charge in [-0.15, -0.1) is 10.2 Å². The molecule has 102 valence electrons. The maximum absolute atomic E-state index is 13.6. The summed E-state index contributed by atoms with van der Waals surface area (Å²) in [6.45, 7) is 4.23. The van der Waals surface area contributed by atoms with Gasteiger partial charge < -0.3 is 10.3 Å². The summed E-state index contributed by atoms with van der Waals surface area (Å²) >= 11 is 0. The monoisotopic (exact) mass is 266 g/mol. The lowest BCUT2D eigenvalue weighted by Crippen LogP contribution is -2.13. The van der Waals surface area contributed by atoms with Gasteiger partial charge in [-0.1, -0.05) is 6.07 Å². The summed E-state index contributed by atoms with van der Waals surface area (Å²) in [7, 11) is 0. The van der Waals surface area contributed by atoms with Gasteiger partial charge in [0.1, 0.15) is 23.3 Å². The van der Waals surface area contributed by atoms with Crippen molar-refractivity contribution in [2.45, 2.75) is 32.9 Å². The Morgan fingerprint density at radius 3 is 2.47 bits per heavy atom. The minimum absolute atomic E-state index is 0.132. The lowest BCUT2D eigenvalue weighted by Gasteiger charge is -2.13. The van der Waals surface area contributed by atoms with Crippen LogP contribution in [0.1, 0.15) is 37.1 Å². The molecule has 4 nitrogen and oxygen atoms in total. The van der Waals surface area contributed by atoms with Crippen LogP contribution in [-0.2, 0) is 13.0 Å². The van der Waals surface area contributed by atoms with E-state index in [9.17, 15) is 8.78 Å². The Labute approximate surface area is 110 Å². The molecule has 6 heteroatoms. The fourth-order valence-corrected chi connectivity index (χ4v) is 2.05. The van der Waals surface area contributed by atoms with E-state index in [-0.39, 0.29) is 19.0 Å². The van der Waals surface area contributed by atoms with Crippen LogP contribution in [0, 0.1) is 11.6 Å². The third-order valence-corrected chi connectivity index (χ3v) is 2.90. The van der Waals surface area contributed by atoms with Gasteiger partial charge in [-0.25, -0.2) is 8.78 Å². The molecule has 0 fully saturated rings. The van der Waals surface area contributed by atoms with E-state index in [1.807, 2.05) is 18.4 Å². The number of halogens is 2. The molecule has 2 aromatic rings. The smallest absolute Gasteiger partial charge is 0.147 e. The summed E-state index contributed by atoms with van der Waals surface area (Å²) in [4.78, 5) is 0. The van der Waals surface area contributed by atoms with Crippen molar-refractivity contribution in [3.05, 3.63) is 47.0 Å². The van der Waals surface area contributed by atoms with E-state index in [1.165, 1.54) is 12.1 Å². The highest BCUT2D eigenvalue weighted by Crippen LogP contribution is 2.17. The highest BCUT2D eigenvalue weighted by atomic mass is 19.1. The zero-order chi connectivity index (χ0) is 14.0. The van der Waals surface area contributed by atoms with Crippen molar-refractivity contribution in [2.75, 3.05) is 0 Å². The van der Waals surface area contributed by atoms with Gasteiger partial charge in [0.15, 0.2) is 0 Å². The summed E-state index contributed by atoms with van der Waals surface area (Å²) in [5.74, 6) is 0.121. The quantitative estimate of drug-likeness (QED) is 0.922. The fraction of sp³-hybridized carbons (Fsp3) is 0.385. The van der Waals surface area contributed by atoms with Gasteiger partial charge in [-0.05, 0) is 25.5 Å². The maximum atomic E-state index is 13.6. The molecule has 0 aliphatic heterocycles. The molecular weight excluding hydrogens is 250 g/mol. The number of nitrogens with two attached hydrogens (primary N) is 1. The Morgan fingerprint density at radius 2 is 1.89 bits per heavy atom. The molecule has 0 unspecified atom stereocenters. The van der Waals surface area contributed by atoms with Crippen molar-refractivity contribution >= 4 is 0 Å². The van der Waals surface area contributed by atoms with Gasteiger partial charge in [-0.3, -0.25) is 0 Å². The molecule has 0 amide bonds. The maximum Gasteiger partial charge on any atom is 0.147 e. The number of hydrogen-bond acceptors (Lipinski definition) is 3. The molecule has 1 aromatic heterocycles. The first-order chi connectivity index (χ1) is 9.02. The average molecular weight is 266 g/mol. The second-order valence-electron chi connectivity index (χ2n) is 4.61. The summed E-state index contributed by atoms with van der Waals surface area (Å²) in [5.41, 5.74) is 5.99. The second-order valence-corrected chi connectivity index (χ2v) is 4.61. The minimum atomic E-state index is -0.589. The highest BCUT2D eigenvalue weighted by Gasteiger charge is 2.15. The van der Waals surface area contributed by atoms with E-state index in [0.717, 1.165) is 6.07 Å². The number of aromatic nitrogens is 3. The van der Waals surface area contributed by atoms with Crippen molar-refractivity contribution in [3.63, 3.8) is 0 Å². The topological polar surface area (TPSA) is 56.7 Å². The zero-order valence-corrected chi connectivity index (χ0v) is 10.9. The lowest BCUT2D eigenvalue weighted by molar-refractivity contribution is 0.540. The first kappa shape index (κ1) is 13.6. The van der Waals surface area contributed by atoms with Gasteiger partial charge in [0.05, 0.1) is 6.54 Å². The van der Waals surface area contributed by atoms with E-state index in [1.54, 1.807) is 0 Å². The van der Waals surface area contributed by atoms with E-state index in [4.69, 9.17) is 5.73 Å². The van der Waals surface area contributed by atoms with Crippen LogP contribution in [0.3, 0.4) is 0 Å². The predicted octanol–water partition coefficient (Wildman–Crippen LogP) is 2.19. The van der Waals surface area contributed by atoms with E-state index in [2.05, 4.69) is 10.2 Å². The first-order valence-corrected chi connectivity index (χ1v) is 6.09. The van der Waals surface area contributed by atoms with Crippen LogP contribution in [0.4, 0.5) is 8.78 Å². The summed E-state index contributed by atoms with van der Waals surface area (Å²) in [6.07, 6.45) is 0.261. The molecule has 0 aliphatic carbocycles. The molecule has 0 spiro atoms. The van der Waals surface area contributed by atoms with Gasteiger partial charge in [0.2, 0.25) is 0 Å². The molecule has 2 rings (SSSR count). The van der Waals surface area contributed by atoms with Crippen molar-refractivity contribution in [3.8, 4) is 0 Å². The molecule has 1 heterocycles. The minimum Gasteiger partial charge on any atom is -0.324 e. The first-order valence-electron chi connectivity index (χ1n) is 6.09. The third kappa shape index (κ3) is 2.78. The molecule has 0 saturated carbocycles. The van der Waals surface area contributed by atoms with Gasteiger partial charge in [0, 0.05) is 18.5 Å². The van der Waals surface area contributed by atoms with Crippen LogP contribution >= 0.6 is 0 Å². The number of benzene rings is 1. The van der Waals surface area contributed by atoms with Gasteiger partial charge in [0.25, 0.3) is 0 Å². The second kappa shape index (κ2) is 5.44. The SMILES string of the molecule is CC(C)n1c(CN)nnc1Cc1ccc(F)cc1F. The van der Waals surface area contributed by atoms with Crippen LogP contribution in [0.25, 0.3) is 0 Å². The predicted molar refractivity (Wildman–Crippen MR) is 67.5 cm³/mol. The Bertz CT molecular complexity index is 578. The van der Waals surface area contributed by atoms with Crippen LogP contribution in [-0.4, -0.2) is 14.8 Å². The average Bonchev–Trinajstić information content (AvgIpc) is 2.75. The fourth-order valence-electron chi connectivity index (χ4n) is 2.05. The molecule has 0 aliphatic rings. The third-order valence-electron chi connectivity index (χ3n) is 2.90. The van der Waals surface area contributed by atoms with E-state index in [0.29, 0.717) is 17.2 Å². The number of nitrogens with zero attached hydrogens (tertiary/aromatic N) is 3. The van der Waals surface area contributed by atoms with Crippen molar-refractivity contribution < 1.29 is 8.78 Å². The lowest BCUT2D eigenvalue weighted by atomic mass is 10.1. The summed E-state index contributed by atoms with van der Waals surface area (Å²) in [5, 5.41) is 8.03. The highest BCUT2D eigenvalue weighted by molar-refractivity contribution is 5.22. The van der Waals surface area contributed by atoms with Crippen molar-refractivity contribution in [2.24, 2.45) is 5.73 Å². The van der Waals surface area contributed by atoms with Crippen LogP contribution in [0.15, 0.2) is 18.2 Å². The molecule has 0 radical (unpaired) electrons. The van der Waals surface area contributed by atoms with Crippen LogP contribution in [0.5, 0.6) is 0 Å². The molecule has 0 atom stereocenters. The summed E-state index contributed by atoms with van der Waals surface area (Å²) in [6, 6.07) is 3.66. The Kier molecular flexibility index (Phi) is 3.90. The molecule has 0 bridgehead atoms. The number of hydrogen-bond donors (Lipinski definition) is 1. The van der Waals surface area contributed by atoms with E-state index >= 15 is 0 Å². The Balaban J connectivity index is 2.35. The molecular formula is C13H16F2N4. The Morgan fingerprint density at radius 1 is 1.21 bits per heavy atom. The van der Waals surface area contributed by atoms with Gasteiger partial charge >= 0.3 is 0 Å². The standard InChI is InChI=1S/C13H16F2N4/c1-8(2)19-12(17-18-13(19)7-16)5-9-3-4-10(14)6-11(9)15/h3-4,6,8H,5,7,16H2,1-2H3. The van der Waals surface area contributed by atoms with Crippen LogP contribution in [0.2, 0.25) is 0 Å². The largest absolute Gasteiger partial charge is 0.324 e. The zero-order valence-electron chi connectivity index (χ0n) is 10.9. The normalized spacial score (nSPS) is 11.3. The van der Waals surface area contributed by atoms with Gasteiger partial charge in [-0.2, -0.15) is 0 Å². The van der Waals surface area contributed by atoms with Crippen molar-refractivity contribution in [1.82, 2.24) is 14.8 Å². The summed E-state index contributed by atoms with van der Waals surface area (Å²) < 4.78 is 28.4. The molecule has 19 heavy (non-hydrogen) atoms.